The number of hydrogen-bond donors (Lipinski definition) is 1. The quantitative estimate of drug-likeness (QED) is 0.764. The van der Waals surface area contributed by atoms with Gasteiger partial charge in [-0.05, 0) is 36.2 Å². The van der Waals surface area contributed by atoms with E-state index in [2.05, 4.69) is 5.32 Å². The molecule has 2 aromatic carbocycles. The number of esters is 1. The second kappa shape index (κ2) is 7.58. The maximum absolute atomic E-state index is 13.1. The number of amides is 1. The number of halogens is 1. The van der Waals surface area contributed by atoms with E-state index in [4.69, 9.17) is 16.3 Å². The summed E-state index contributed by atoms with van der Waals surface area (Å²) in [6.07, 6.45) is 0.598. The molecule has 0 saturated heterocycles. The normalized spacial score (nSPS) is 13.2. The van der Waals surface area contributed by atoms with Crippen molar-refractivity contribution in [1.29, 1.82) is 0 Å². The minimum absolute atomic E-state index is 0.00207. The molecule has 27 heavy (non-hydrogen) atoms. The number of nitrogens with one attached hydrogen (secondary N) is 1. The first-order valence-corrected chi connectivity index (χ1v) is 9.94. The van der Waals surface area contributed by atoms with E-state index in [1.807, 2.05) is 12.1 Å². The van der Waals surface area contributed by atoms with E-state index >= 15 is 0 Å². The Bertz CT molecular complexity index is 1010. The first kappa shape index (κ1) is 19.2. The number of anilines is 1. The zero-order chi connectivity index (χ0) is 19.6. The molecule has 3 rings (SSSR count). The van der Waals surface area contributed by atoms with Crippen molar-refractivity contribution >= 4 is 39.2 Å². The largest absolute Gasteiger partial charge is 0.452 e. The SMILES string of the molecule is CNC(=O)COC(=O)c1ccc(Cl)c(S(=O)(=O)N2CCc3ccccc32)c1. The molecule has 1 N–H and O–H groups in total. The number of fused-ring (bicyclic) bond motifs is 1. The number of hydrogen-bond acceptors (Lipinski definition) is 5. The molecule has 0 bridgehead atoms. The molecule has 0 radical (unpaired) electrons. The Hall–Kier alpha value is -2.58. The minimum atomic E-state index is -3.96. The van der Waals surface area contributed by atoms with Crippen LogP contribution in [0.2, 0.25) is 5.02 Å². The van der Waals surface area contributed by atoms with Crippen LogP contribution >= 0.6 is 11.6 Å². The summed E-state index contributed by atoms with van der Waals surface area (Å²) in [6, 6.07) is 11.1. The fraction of sp³-hybridized carbons (Fsp3) is 0.222. The van der Waals surface area contributed by atoms with E-state index in [0.29, 0.717) is 18.7 Å². The molecule has 0 aromatic heterocycles. The first-order chi connectivity index (χ1) is 12.8. The third-order valence-electron chi connectivity index (χ3n) is 4.19. The number of ether oxygens (including phenoxy) is 1. The highest BCUT2D eigenvalue weighted by Gasteiger charge is 2.32. The number of para-hydroxylation sites is 1. The van der Waals surface area contributed by atoms with Crippen LogP contribution in [-0.4, -0.2) is 40.5 Å². The lowest BCUT2D eigenvalue weighted by Gasteiger charge is -2.20. The van der Waals surface area contributed by atoms with E-state index in [-0.39, 0.29) is 15.5 Å². The van der Waals surface area contributed by atoms with Crippen molar-refractivity contribution in [2.24, 2.45) is 0 Å². The summed E-state index contributed by atoms with van der Waals surface area (Å²) in [5.41, 5.74) is 1.52. The average Bonchev–Trinajstić information content (AvgIpc) is 3.11. The fourth-order valence-electron chi connectivity index (χ4n) is 2.79. The van der Waals surface area contributed by atoms with Gasteiger partial charge < -0.3 is 10.1 Å². The smallest absolute Gasteiger partial charge is 0.338 e. The van der Waals surface area contributed by atoms with Gasteiger partial charge in [-0.3, -0.25) is 9.10 Å². The van der Waals surface area contributed by atoms with Crippen LogP contribution in [0.15, 0.2) is 47.4 Å². The Morgan fingerprint density at radius 1 is 1.22 bits per heavy atom. The number of rotatable bonds is 5. The third kappa shape index (κ3) is 3.77. The molecular weight excluding hydrogens is 392 g/mol. The summed E-state index contributed by atoms with van der Waals surface area (Å²) in [4.78, 5) is 23.1. The fourth-order valence-corrected chi connectivity index (χ4v) is 4.80. The van der Waals surface area contributed by atoms with Crippen molar-refractivity contribution in [3.8, 4) is 0 Å². The second-order valence-corrected chi connectivity index (χ2v) is 8.09. The highest BCUT2D eigenvalue weighted by atomic mass is 35.5. The van der Waals surface area contributed by atoms with Crippen molar-refractivity contribution in [3.05, 3.63) is 58.6 Å². The van der Waals surface area contributed by atoms with E-state index in [1.54, 1.807) is 12.1 Å². The van der Waals surface area contributed by atoms with E-state index in [1.165, 1.54) is 29.6 Å². The number of carbonyl (C=O) groups is 2. The van der Waals surface area contributed by atoms with Gasteiger partial charge in [-0.15, -0.1) is 0 Å². The van der Waals surface area contributed by atoms with Crippen LogP contribution in [0.25, 0.3) is 0 Å². The van der Waals surface area contributed by atoms with Gasteiger partial charge in [0.15, 0.2) is 6.61 Å². The Morgan fingerprint density at radius 3 is 2.70 bits per heavy atom. The predicted molar refractivity (Wildman–Crippen MR) is 100 cm³/mol. The molecule has 0 fully saturated rings. The topological polar surface area (TPSA) is 92.8 Å². The maximum atomic E-state index is 13.1. The summed E-state index contributed by atoms with van der Waals surface area (Å²) in [5, 5.41) is 2.33. The molecule has 0 unspecified atom stereocenters. The van der Waals surface area contributed by atoms with Gasteiger partial charge in [0.05, 0.1) is 16.3 Å². The Kier molecular flexibility index (Phi) is 5.38. The van der Waals surface area contributed by atoms with Gasteiger partial charge in [0.25, 0.3) is 15.9 Å². The van der Waals surface area contributed by atoms with Crippen molar-refractivity contribution < 1.29 is 22.7 Å². The maximum Gasteiger partial charge on any atom is 0.338 e. The molecule has 9 heteroatoms. The van der Waals surface area contributed by atoms with Gasteiger partial charge in [0, 0.05) is 13.6 Å². The molecule has 142 valence electrons. The molecule has 1 aliphatic heterocycles. The first-order valence-electron chi connectivity index (χ1n) is 8.12. The molecule has 2 aromatic rings. The molecule has 1 heterocycles. The zero-order valence-electron chi connectivity index (χ0n) is 14.4. The zero-order valence-corrected chi connectivity index (χ0v) is 16.0. The lowest BCUT2D eigenvalue weighted by molar-refractivity contribution is -0.123. The molecule has 7 nitrogen and oxygen atoms in total. The Balaban J connectivity index is 1.92. The molecule has 0 atom stereocenters. The highest BCUT2D eigenvalue weighted by molar-refractivity contribution is 7.93. The molecule has 0 aliphatic carbocycles. The summed E-state index contributed by atoms with van der Waals surface area (Å²) >= 11 is 6.12. The lowest BCUT2D eigenvalue weighted by Crippen LogP contribution is -2.29. The van der Waals surface area contributed by atoms with Gasteiger partial charge in [-0.25, -0.2) is 13.2 Å². The van der Waals surface area contributed by atoms with E-state index < -0.39 is 28.5 Å². The van der Waals surface area contributed by atoms with Crippen LogP contribution in [-0.2, 0) is 26.0 Å². The summed E-state index contributed by atoms with van der Waals surface area (Å²) < 4.78 is 32.4. The predicted octanol–water partition coefficient (Wildman–Crippen LogP) is 1.99. The third-order valence-corrected chi connectivity index (χ3v) is 6.49. The van der Waals surface area contributed by atoms with Gasteiger partial charge in [0.1, 0.15) is 4.90 Å². The standard InChI is InChI=1S/C18H17ClN2O5S/c1-20-17(22)11-26-18(23)13-6-7-14(19)16(10-13)27(24,25)21-9-8-12-4-2-3-5-15(12)21/h2-7,10H,8-9,11H2,1H3,(H,20,22). The molecular formula is C18H17ClN2O5S. The van der Waals surface area contributed by atoms with E-state index in [0.717, 1.165) is 5.56 Å². The average molecular weight is 409 g/mol. The molecule has 1 amide bonds. The Morgan fingerprint density at radius 2 is 1.96 bits per heavy atom. The number of sulfonamides is 1. The van der Waals surface area contributed by atoms with Crippen LogP contribution in [0.5, 0.6) is 0 Å². The Labute approximate surface area is 161 Å². The van der Waals surface area contributed by atoms with Gasteiger partial charge in [0.2, 0.25) is 0 Å². The minimum Gasteiger partial charge on any atom is -0.452 e. The number of benzene rings is 2. The van der Waals surface area contributed by atoms with Gasteiger partial charge in [-0.2, -0.15) is 0 Å². The highest BCUT2D eigenvalue weighted by Crippen LogP contribution is 2.35. The lowest BCUT2D eigenvalue weighted by atomic mass is 10.2. The summed E-state index contributed by atoms with van der Waals surface area (Å²) in [5.74, 6) is -1.28. The molecule has 0 saturated carbocycles. The van der Waals surface area contributed by atoms with Crippen LogP contribution in [0.1, 0.15) is 15.9 Å². The van der Waals surface area contributed by atoms with Crippen LogP contribution in [0.4, 0.5) is 5.69 Å². The summed E-state index contributed by atoms with van der Waals surface area (Å²) in [6.45, 7) is -0.164. The van der Waals surface area contributed by atoms with Crippen molar-refractivity contribution in [1.82, 2.24) is 5.32 Å². The van der Waals surface area contributed by atoms with Gasteiger partial charge in [-0.1, -0.05) is 29.8 Å². The number of carbonyl (C=O) groups excluding carboxylic acids is 2. The second-order valence-electron chi connectivity index (χ2n) is 5.85. The monoisotopic (exact) mass is 408 g/mol. The van der Waals surface area contributed by atoms with Crippen LogP contribution < -0.4 is 9.62 Å². The van der Waals surface area contributed by atoms with E-state index in [9.17, 15) is 18.0 Å². The number of likely N-dealkylation sites (N-methyl/N-ethyl adjacent to an activating group) is 1. The molecule has 0 spiro atoms. The van der Waals surface area contributed by atoms with Crippen LogP contribution in [0, 0.1) is 0 Å². The van der Waals surface area contributed by atoms with Crippen LogP contribution in [0.3, 0.4) is 0 Å². The summed E-state index contributed by atoms with van der Waals surface area (Å²) in [7, 11) is -2.55. The van der Waals surface area contributed by atoms with Gasteiger partial charge >= 0.3 is 5.97 Å². The number of nitrogens with zero attached hydrogens (tertiary/aromatic N) is 1. The van der Waals surface area contributed by atoms with Crippen molar-refractivity contribution in [2.45, 2.75) is 11.3 Å². The molecule has 1 aliphatic rings. The van der Waals surface area contributed by atoms with Crippen molar-refractivity contribution in [3.63, 3.8) is 0 Å². The van der Waals surface area contributed by atoms with Crippen molar-refractivity contribution in [2.75, 3.05) is 24.5 Å².